The first-order valence-corrected chi connectivity index (χ1v) is 5.86. The Morgan fingerprint density at radius 1 is 1.41 bits per heavy atom. The highest BCUT2D eigenvalue weighted by molar-refractivity contribution is 5.92. The predicted octanol–water partition coefficient (Wildman–Crippen LogP) is 0.128. The summed E-state index contributed by atoms with van der Waals surface area (Å²) in [6.07, 6.45) is 6.05. The number of aromatic nitrogens is 2. The van der Waals surface area contributed by atoms with Crippen LogP contribution < -0.4 is 11.0 Å². The monoisotopic (exact) mass is 239 g/mol. The third kappa shape index (κ3) is 2.58. The maximum absolute atomic E-state index is 11.9. The molecule has 1 aliphatic rings. The normalized spacial score (nSPS) is 18.9. The molecular formula is C11H17N3O3. The second-order valence-electron chi connectivity index (χ2n) is 4.61. The van der Waals surface area contributed by atoms with Crippen LogP contribution in [0.1, 0.15) is 42.6 Å². The van der Waals surface area contributed by atoms with Crippen LogP contribution >= 0.6 is 0 Å². The van der Waals surface area contributed by atoms with Gasteiger partial charge in [0.25, 0.3) is 5.91 Å². The van der Waals surface area contributed by atoms with E-state index >= 15 is 0 Å². The molecule has 6 nitrogen and oxygen atoms in total. The fourth-order valence-electron chi connectivity index (χ4n) is 2.31. The number of rotatable bonds is 3. The molecule has 4 N–H and O–H groups in total. The van der Waals surface area contributed by atoms with Crippen LogP contribution in [0.25, 0.3) is 0 Å². The number of imidazole rings is 1. The highest BCUT2D eigenvalue weighted by Gasteiger charge is 2.33. The molecule has 1 aromatic rings. The Bertz CT molecular complexity index is 443. The first kappa shape index (κ1) is 11.9. The van der Waals surface area contributed by atoms with E-state index in [1.807, 2.05) is 0 Å². The van der Waals surface area contributed by atoms with E-state index in [2.05, 4.69) is 15.3 Å². The van der Waals surface area contributed by atoms with Crippen LogP contribution in [0, 0.1) is 0 Å². The first-order valence-electron chi connectivity index (χ1n) is 5.86. The number of H-pyrrole nitrogens is 2. The summed E-state index contributed by atoms with van der Waals surface area (Å²) in [7, 11) is 0. The zero-order valence-corrected chi connectivity index (χ0v) is 9.58. The number of amides is 1. The lowest BCUT2D eigenvalue weighted by Crippen LogP contribution is -2.52. The van der Waals surface area contributed by atoms with E-state index in [9.17, 15) is 14.7 Å². The van der Waals surface area contributed by atoms with E-state index in [0.29, 0.717) is 0 Å². The van der Waals surface area contributed by atoms with Gasteiger partial charge in [0, 0.05) is 6.20 Å². The van der Waals surface area contributed by atoms with Gasteiger partial charge in [0.2, 0.25) is 0 Å². The van der Waals surface area contributed by atoms with E-state index in [-0.39, 0.29) is 18.2 Å². The Hall–Kier alpha value is -1.56. The lowest BCUT2D eigenvalue weighted by molar-refractivity contribution is 0.0754. The molecular weight excluding hydrogens is 222 g/mol. The Morgan fingerprint density at radius 3 is 2.65 bits per heavy atom. The van der Waals surface area contributed by atoms with E-state index in [0.717, 1.165) is 32.1 Å². The summed E-state index contributed by atoms with van der Waals surface area (Å²) in [5.74, 6) is -0.348. The van der Waals surface area contributed by atoms with Gasteiger partial charge in [-0.2, -0.15) is 0 Å². The second kappa shape index (κ2) is 4.75. The Labute approximate surface area is 98.4 Å². The van der Waals surface area contributed by atoms with Gasteiger partial charge in [-0.25, -0.2) is 4.79 Å². The zero-order chi connectivity index (χ0) is 12.3. The van der Waals surface area contributed by atoms with Crippen LogP contribution in [0.5, 0.6) is 0 Å². The molecule has 2 rings (SSSR count). The fraction of sp³-hybridized carbons (Fsp3) is 0.636. The maximum Gasteiger partial charge on any atom is 0.323 e. The third-order valence-corrected chi connectivity index (χ3v) is 3.33. The lowest BCUT2D eigenvalue weighted by Gasteiger charge is -2.36. The topological polar surface area (TPSA) is 98.0 Å². The number of carbonyl (C=O) groups is 1. The molecule has 17 heavy (non-hydrogen) atoms. The number of aromatic amines is 2. The van der Waals surface area contributed by atoms with Crippen LogP contribution in [0.4, 0.5) is 0 Å². The predicted molar refractivity (Wildman–Crippen MR) is 61.8 cm³/mol. The summed E-state index contributed by atoms with van der Waals surface area (Å²) >= 11 is 0. The zero-order valence-electron chi connectivity index (χ0n) is 9.58. The lowest BCUT2D eigenvalue weighted by atomic mass is 9.82. The van der Waals surface area contributed by atoms with Crippen molar-refractivity contribution in [2.24, 2.45) is 0 Å². The van der Waals surface area contributed by atoms with E-state index in [4.69, 9.17) is 0 Å². The van der Waals surface area contributed by atoms with Crippen molar-refractivity contribution in [3.63, 3.8) is 0 Å². The van der Waals surface area contributed by atoms with Gasteiger partial charge in [-0.15, -0.1) is 0 Å². The number of carbonyl (C=O) groups excluding carboxylic acids is 1. The minimum Gasteiger partial charge on any atom is -0.394 e. The summed E-state index contributed by atoms with van der Waals surface area (Å²) < 4.78 is 0. The number of aliphatic hydroxyl groups is 1. The number of aliphatic hydroxyl groups excluding tert-OH is 1. The van der Waals surface area contributed by atoms with Gasteiger partial charge in [0.15, 0.2) is 0 Å². The molecule has 1 aliphatic carbocycles. The van der Waals surface area contributed by atoms with Gasteiger partial charge in [0.05, 0.1) is 12.1 Å². The molecule has 0 saturated heterocycles. The van der Waals surface area contributed by atoms with Gasteiger partial charge in [-0.3, -0.25) is 4.79 Å². The smallest absolute Gasteiger partial charge is 0.323 e. The molecule has 0 atom stereocenters. The van der Waals surface area contributed by atoms with Gasteiger partial charge in [-0.1, -0.05) is 19.3 Å². The van der Waals surface area contributed by atoms with Crippen LogP contribution in [0.3, 0.4) is 0 Å². The molecule has 1 saturated carbocycles. The average Bonchev–Trinajstić information content (AvgIpc) is 2.77. The number of hydrogen-bond donors (Lipinski definition) is 4. The molecule has 1 fully saturated rings. The molecule has 0 spiro atoms. The van der Waals surface area contributed by atoms with Crippen molar-refractivity contribution in [3.8, 4) is 0 Å². The minimum absolute atomic E-state index is 0.0621. The van der Waals surface area contributed by atoms with Crippen molar-refractivity contribution in [2.45, 2.75) is 37.6 Å². The van der Waals surface area contributed by atoms with Crippen LogP contribution in [0.2, 0.25) is 0 Å². The van der Waals surface area contributed by atoms with Crippen LogP contribution in [-0.2, 0) is 0 Å². The molecule has 94 valence electrons. The first-order chi connectivity index (χ1) is 8.15. The summed E-state index contributed by atoms with van der Waals surface area (Å²) in [5, 5.41) is 12.3. The molecule has 0 unspecified atom stereocenters. The Kier molecular flexibility index (Phi) is 3.33. The van der Waals surface area contributed by atoms with Gasteiger partial charge < -0.3 is 20.4 Å². The standard InChI is InChI=1S/C11H17N3O3/c15-7-11(4-2-1-3-5-11)14-9(16)8-6-12-10(17)13-8/h6,15H,1-5,7H2,(H,14,16)(H2,12,13,17). The van der Waals surface area contributed by atoms with E-state index in [1.54, 1.807) is 0 Å². The molecule has 0 bridgehead atoms. The van der Waals surface area contributed by atoms with Gasteiger partial charge in [-0.05, 0) is 12.8 Å². The minimum atomic E-state index is -0.524. The molecule has 0 aromatic carbocycles. The molecule has 1 aromatic heterocycles. The largest absolute Gasteiger partial charge is 0.394 e. The second-order valence-corrected chi connectivity index (χ2v) is 4.61. The van der Waals surface area contributed by atoms with E-state index in [1.165, 1.54) is 6.20 Å². The van der Waals surface area contributed by atoms with Crippen LogP contribution in [-0.4, -0.2) is 33.1 Å². The molecule has 6 heteroatoms. The summed E-state index contributed by atoms with van der Waals surface area (Å²) in [6.45, 7) is -0.0621. The van der Waals surface area contributed by atoms with E-state index < -0.39 is 11.2 Å². The SMILES string of the molecule is O=C(NC1(CO)CCCCC1)c1c[nH]c(=O)[nH]1. The molecule has 0 radical (unpaired) electrons. The number of nitrogens with one attached hydrogen (secondary N) is 3. The molecule has 0 aliphatic heterocycles. The summed E-state index contributed by atoms with van der Waals surface area (Å²) in [5.41, 5.74) is -0.728. The molecule has 1 amide bonds. The van der Waals surface area contributed by atoms with Crippen molar-refractivity contribution in [1.82, 2.24) is 15.3 Å². The number of hydrogen-bond acceptors (Lipinski definition) is 3. The average molecular weight is 239 g/mol. The maximum atomic E-state index is 11.9. The van der Waals surface area contributed by atoms with Crippen LogP contribution in [0.15, 0.2) is 11.0 Å². The van der Waals surface area contributed by atoms with Crippen molar-refractivity contribution >= 4 is 5.91 Å². The third-order valence-electron chi connectivity index (χ3n) is 3.33. The van der Waals surface area contributed by atoms with Crippen molar-refractivity contribution in [3.05, 3.63) is 22.4 Å². The summed E-state index contributed by atoms with van der Waals surface area (Å²) in [4.78, 5) is 27.6. The molecule has 1 heterocycles. The quantitative estimate of drug-likeness (QED) is 0.603. The highest BCUT2D eigenvalue weighted by atomic mass is 16.3. The summed E-state index contributed by atoms with van der Waals surface area (Å²) in [6, 6.07) is 0. The fourth-order valence-corrected chi connectivity index (χ4v) is 2.31. The Balaban J connectivity index is 2.08. The van der Waals surface area contributed by atoms with Crippen molar-refractivity contribution in [1.29, 1.82) is 0 Å². The highest BCUT2D eigenvalue weighted by Crippen LogP contribution is 2.27. The van der Waals surface area contributed by atoms with Gasteiger partial charge >= 0.3 is 5.69 Å². The Morgan fingerprint density at radius 2 is 2.12 bits per heavy atom. The van der Waals surface area contributed by atoms with Gasteiger partial charge in [0.1, 0.15) is 5.69 Å². The van der Waals surface area contributed by atoms with Crippen molar-refractivity contribution in [2.75, 3.05) is 6.61 Å². The van der Waals surface area contributed by atoms with Crippen molar-refractivity contribution < 1.29 is 9.90 Å².